The highest BCUT2D eigenvalue weighted by Gasteiger charge is 2.05. The highest BCUT2D eigenvalue weighted by molar-refractivity contribution is 7.98. The molecule has 0 aliphatic heterocycles. The fraction of sp³-hybridized carbons (Fsp3) is 0.333. The summed E-state index contributed by atoms with van der Waals surface area (Å²) in [7, 11) is 3.59. The van der Waals surface area contributed by atoms with Crippen molar-refractivity contribution in [3.05, 3.63) is 47.5 Å². The molecule has 2 aromatic rings. The molecular weight excluding hydrogens is 301 g/mol. The molecule has 1 aromatic heterocycles. The third-order valence-electron chi connectivity index (χ3n) is 3.13. The second-order valence-electron chi connectivity index (χ2n) is 4.76. The molecule has 1 heterocycles. The van der Waals surface area contributed by atoms with Gasteiger partial charge in [-0.2, -0.15) is 5.10 Å². The van der Waals surface area contributed by atoms with Crippen LogP contribution in [0.1, 0.15) is 11.1 Å². The minimum atomic E-state index is -0.229. The van der Waals surface area contributed by atoms with Gasteiger partial charge in [-0.25, -0.2) is 4.39 Å². The molecule has 0 saturated heterocycles. The number of hydrogen-bond donors (Lipinski definition) is 2. The number of nitrogens with zero attached hydrogens (tertiary/aromatic N) is 3. The van der Waals surface area contributed by atoms with Gasteiger partial charge in [0.25, 0.3) is 0 Å². The van der Waals surface area contributed by atoms with E-state index in [1.165, 1.54) is 6.07 Å². The van der Waals surface area contributed by atoms with E-state index in [0.29, 0.717) is 19.0 Å². The third-order valence-corrected chi connectivity index (χ3v) is 3.97. The zero-order valence-electron chi connectivity index (χ0n) is 12.9. The topological polar surface area (TPSA) is 54.2 Å². The lowest BCUT2D eigenvalue weighted by Gasteiger charge is -2.13. The molecule has 1 aromatic carbocycles. The summed E-state index contributed by atoms with van der Waals surface area (Å²) in [6, 6.07) is 4.82. The maximum atomic E-state index is 13.4. The third kappa shape index (κ3) is 4.49. The number of hydrogen-bond acceptors (Lipinski definition) is 3. The maximum Gasteiger partial charge on any atom is 0.191 e. The fourth-order valence-corrected chi connectivity index (χ4v) is 2.63. The Labute approximate surface area is 134 Å². The number of aliphatic imine (C=N–C) groups is 1. The van der Waals surface area contributed by atoms with E-state index >= 15 is 0 Å². The largest absolute Gasteiger partial charge is 0.352 e. The van der Waals surface area contributed by atoms with E-state index < -0.39 is 0 Å². The van der Waals surface area contributed by atoms with Gasteiger partial charge in [-0.3, -0.25) is 9.67 Å². The molecule has 118 valence electrons. The average molecular weight is 321 g/mol. The van der Waals surface area contributed by atoms with Crippen LogP contribution < -0.4 is 10.6 Å². The van der Waals surface area contributed by atoms with Crippen LogP contribution in [0.15, 0.2) is 40.5 Å². The van der Waals surface area contributed by atoms with Crippen molar-refractivity contribution in [2.45, 2.75) is 18.0 Å². The van der Waals surface area contributed by atoms with Crippen LogP contribution in [0.3, 0.4) is 0 Å². The van der Waals surface area contributed by atoms with Crippen LogP contribution in [0.25, 0.3) is 0 Å². The van der Waals surface area contributed by atoms with Crippen molar-refractivity contribution < 1.29 is 4.39 Å². The molecule has 0 amide bonds. The Morgan fingerprint density at radius 2 is 2.14 bits per heavy atom. The molecule has 0 bridgehead atoms. The molecule has 2 rings (SSSR count). The quantitative estimate of drug-likeness (QED) is 0.503. The van der Waals surface area contributed by atoms with E-state index in [2.05, 4.69) is 20.7 Å². The fourth-order valence-electron chi connectivity index (χ4n) is 2.03. The molecule has 0 atom stereocenters. The van der Waals surface area contributed by atoms with E-state index in [-0.39, 0.29) is 5.82 Å². The van der Waals surface area contributed by atoms with E-state index in [9.17, 15) is 4.39 Å². The zero-order valence-corrected chi connectivity index (χ0v) is 13.7. The van der Waals surface area contributed by atoms with Gasteiger partial charge in [-0.05, 0) is 30.0 Å². The summed E-state index contributed by atoms with van der Waals surface area (Å²) in [6.07, 6.45) is 5.73. The Morgan fingerprint density at radius 1 is 1.36 bits per heavy atom. The molecule has 0 unspecified atom stereocenters. The molecule has 5 nitrogen and oxygen atoms in total. The summed E-state index contributed by atoms with van der Waals surface area (Å²) in [5.41, 5.74) is 1.98. The minimum Gasteiger partial charge on any atom is -0.352 e. The van der Waals surface area contributed by atoms with Crippen LogP contribution >= 0.6 is 11.8 Å². The molecule has 0 radical (unpaired) electrons. The number of benzene rings is 1. The highest BCUT2D eigenvalue weighted by Crippen LogP contribution is 2.21. The van der Waals surface area contributed by atoms with Crippen molar-refractivity contribution in [3.8, 4) is 0 Å². The number of aryl methyl sites for hydroxylation is 1. The van der Waals surface area contributed by atoms with Gasteiger partial charge in [0.1, 0.15) is 5.82 Å². The number of thioether (sulfide) groups is 1. The smallest absolute Gasteiger partial charge is 0.191 e. The summed E-state index contributed by atoms with van der Waals surface area (Å²) < 4.78 is 15.1. The molecule has 0 fully saturated rings. The first-order valence-corrected chi connectivity index (χ1v) is 8.09. The molecule has 22 heavy (non-hydrogen) atoms. The Bertz CT molecular complexity index is 653. The predicted molar refractivity (Wildman–Crippen MR) is 88.4 cm³/mol. The molecular formula is C15H20FN5S. The lowest BCUT2D eigenvalue weighted by atomic mass is 10.2. The minimum absolute atomic E-state index is 0.229. The van der Waals surface area contributed by atoms with Crippen molar-refractivity contribution in [2.24, 2.45) is 12.0 Å². The molecule has 0 aliphatic carbocycles. The van der Waals surface area contributed by atoms with Crippen molar-refractivity contribution in [1.29, 1.82) is 0 Å². The Hall–Kier alpha value is -2.02. The maximum absolute atomic E-state index is 13.4. The van der Waals surface area contributed by atoms with Gasteiger partial charge in [0.15, 0.2) is 5.96 Å². The summed E-state index contributed by atoms with van der Waals surface area (Å²) in [6.45, 7) is 1.15. The summed E-state index contributed by atoms with van der Waals surface area (Å²) in [4.78, 5) is 5.22. The number of aromatic nitrogens is 2. The van der Waals surface area contributed by atoms with E-state index in [4.69, 9.17) is 0 Å². The Balaban J connectivity index is 1.92. The lowest BCUT2D eigenvalue weighted by molar-refractivity contribution is 0.622. The second-order valence-corrected chi connectivity index (χ2v) is 5.61. The van der Waals surface area contributed by atoms with Crippen LogP contribution in [-0.2, 0) is 20.1 Å². The second kappa shape index (κ2) is 7.84. The standard InChI is InChI=1S/C15H20FN5S/c1-17-15(18-7-11-8-20-21(2)10-11)19-9-12-6-13(16)4-5-14(12)22-3/h4-6,8,10H,7,9H2,1-3H3,(H2,17,18,19). The monoisotopic (exact) mass is 321 g/mol. The molecule has 7 heteroatoms. The lowest BCUT2D eigenvalue weighted by Crippen LogP contribution is -2.36. The normalized spacial score (nSPS) is 11.5. The van der Waals surface area contributed by atoms with Gasteiger partial charge < -0.3 is 10.6 Å². The zero-order chi connectivity index (χ0) is 15.9. The van der Waals surface area contributed by atoms with Crippen LogP contribution in [0.4, 0.5) is 4.39 Å². The first-order chi connectivity index (χ1) is 10.6. The number of guanidine groups is 1. The molecule has 0 aliphatic rings. The van der Waals surface area contributed by atoms with E-state index in [1.54, 1.807) is 41.8 Å². The van der Waals surface area contributed by atoms with E-state index in [1.807, 2.05) is 19.5 Å². The van der Waals surface area contributed by atoms with Gasteiger partial charge in [-0.1, -0.05) is 0 Å². The van der Waals surface area contributed by atoms with E-state index in [0.717, 1.165) is 16.0 Å². The van der Waals surface area contributed by atoms with Gasteiger partial charge in [0, 0.05) is 43.8 Å². The van der Waals surface area contributed by atoms with Crippen molar-refractivity contribution in [1.82, 2.24) is 20.4 Å². The van der Waals surface area contributed by atoms with Crippen molar-refractivity contribution in [2.75, 3.05) is 13.3 Å². The summed E-state index contributed by atoms with van der Waals surface area (Å²) in [5, 5.41) is 10.5. The first kappa shape index (κ1) is 16.4. The van der Waals surface area contributed by atoms with Crippen molar-refractivity contribution >= 4 is 17.7 Å². The Morgan fingerprint density at radius 3 is 2.77 bits per heavy atom. The molecule has 0 spiro atoms. The van der Waals surface area contributed by atoms with Crippen LogP contribution in [0.2, 0.25) is 0 Å². The number of rotatable bonds is 5. The Kier molecular flexibility index (Phi) is 5.83. The predicted octanol–water partition coefficient (Wildman–Crippen LogP) is 2.15. The number of nitrogens with one attached hydrogen (secondary N) is 2. The van der Waals surface area contributed by atoms with Crippen LogP contribution in [0.5, 0.6) is 0 Å². The van der Waals surface area contributed by atoms with Crippen LogP contribution in [-0.4, -0.2) is 29.0 Å². The van der Waals surface area contributed by atoms with Gasteiger partial charge in [-0.15, -0.1) is 11.8 Å². The molecule has 2 N–H and O–H groups in total. The van der Waals surface area contributed by atoms with Gasteiger partial charge in [0.2, 0.25) is 0 Å². The van der Waals surface area contributed by atoms with Crippen LogP contribution in [0, 0.1) is 5.82 Å². The number of halogens is 1. The van der Waals surface area contributed by atoms with Gasteiger partial charge >= 0.3 is 0 Å². The highest BCUT2D eigenvalue weighted by atomic mass is 32.2. The molecule has 0 saturated carbocycles. The SMILES string of the molecule is CN=C(NCc1cnn(C)c1)NCc1cc(F)ccc1SC. The summed E-state index contributed by atoms with van der Waals surface area (Å²) in [5.74, 6) is 0.438. The average Bonchev–Trinajstić information content (AvgIpc) is 2.93. The first-order valence-electron chi connectivity index (χ1n) is 6.87. The summed E-state index contributed by atoms with van der Waals surface area (Å²) >= 11 is 1.60. The van der Waals surface area contributed by atoms with Crippen molar-refractivity contribution in [3.63, 3.8) is 0 Å². The van der Waals surface area contributed by atoms with Gasteiger partial charge in [0.05, 0.1) is 6.20 Å².